The SMILES string of the molecule is C#CCN(C(C)=N)c1ccc(CC)cc1. The van der Waals surface area contributed by atoms with Crippen LogP contribution in [0.25, 0.3) is 0 Å². The van der Waals surface area contributed by atoms with Gasteiger partial charge in [0.05, 0.1) is 12.4 Å². The molecule has 0 heterocycles. The van der Waals surface area contributed by atoms with E-state index in [1.54, 1.807) is 11.8 Å². The molecule has 0 bridgehead atoms. The largest absolute Gasteiger partial charge is 0.319 e. The Morgan fingerprint density at radius 3 is 2.40 bits per heavy atom. The van der Waals surface area contributed by atoms with Gasteiger partial charge in [-0.15, -0.1) is 6.42 Å². The fourth-order valence-corrected chi connectivity index (χ4v) is 1.41. The third-order valence-corrected chi connectivity index (χ3v) is 2.31. The topological polar surface area (TPSA) is 27.1 Å². The zero-order valence-electron chi connectivity index (χ0n) is 9.25. The Hall–Kier alpha value is -1.75. The predicted octanol–water partition coefficient (Wildman–Crippen LogP) is 2.69. The Balaban J connectivity index is 2.92. The number of nitrogens with zero attached hydrogens (tertiary/aromatic N) is 1. The standard InChI is InChI=1S/C13H16N2/c1-4-10-15(11(3)14)13-8-6-12(5-2)7-9-13/h1,6-9,14H,5,10H2,2-3H3. The zero-order chi connectivity index (χ0) is 11.3. The number of benzene rings is 1. The second kappa shape index (κ2) is 5.21. The fraction of sp³-hybridized carbons (Fsp3) is 0.308. The summed E-state index contributed by atoms with van der Waals surface area (Å²) >= 11 is 0. The number of amidine groups is 1. The highest BCUT2D eigenvalue weighted by molar-refractivity contribution is 5.94. The summed E-state index contributed by atoms with van der Waals surface area (Å²) < 4.78 is 0. The predicted molar refractivity (Wildman–Crippen MR) is 65.4 cm³/mol. The first-order valence-corrected chi connectivity index (χ1v) is 5.04. The van der Waals surface area contributed by atoms with Crippen LogP contribution in [0.3, 0.4) is 0 Å². The third kappa shape index (κ3) is 2.85. The first-order chi connectivity index (χ1) is 7.19. The van der Waals surface area contributed by atoms with E-state index in [0.717, 1.165) is 12.1 Å². The van der Waals surface area contributed by atoms with Gasteiger partial charge >= 0.3 is 0 Å². The Kier molecular flexibility index (Phi) is 3.93. The van der Waals surface area contributed by atoms with E-state index >= 15 is 0 Å². The van der Waals surface area contributed by atoms with Gasteiger partial charge in [0.2, 0.25) is 0 Å². The van der Waals surface area contributed by atoms with Crippen LogP contribution in [0.1, 0.15) is 19.4 Å². The highest BCUT2D eigenvalue weighted by Gasteiger charge is 2.06. The van der Waals surface area contributed by atoms with E-state index in [4.69, 9.17) is 11.8 Å². The lowest BCUT2D eigenvalue weighted by molar-refractivity contribution is 1.11. The lowest BCUT2D eigenvalue weighted by Gasteiger charge is -2.20. The summed E-state index contributed by atoms with van der Waals surface area (Å²) in [6.45, 7) is 4.31. The Morgan fingerprint density at radius 2 is 2.00 bits per heavy atom. The van der Waals surface area contributed by atoms with Crippen LogP contribution in [-0.4, -0.2) is 12.4 Å². The molecule has 2 heteroatoms. The molecule has 0 aliphatic carbocycles. The molecule has 1 aromatic rings. The van der Waals surface area contributed by atoms with Crippen molar-refractivity contribution in [3.8, 4) is 12.3 Å². The van der Waals surface area contributed by atoms with E-state index in [2.05, 4.69) is 25.0 Å². The molecule has 0 unspecified atom stereocenters. The summed E-state index contributed by atoms with van der Waals surface area (Å²) in [5.41, 5.74) is 2.28. The van der Waals surface area contributed by atoms with Crippen molar-refractivity contribution in [3.63, 3.8) is 0 Å². The van der Waals surface area contributed by atoms with Crippen LogP contribution in [0.5, 0.6) is 0 Å². The third-order valence-electron chi connectivity index (χ3n) is 2.31. The lowest BCUT2D eigenvalue weighted by atomic mass is 10.1. The molecule has 0 fully saturated rings. The molecule has 0 saturated carbocycles. The van der Waals surface area contributed by atoms with E-state index in [0.29, 0.717) is 12.4 Å². The normalized spacial score (nSPS) is 9.40. The molecule has 0 aliphatic rings. The number of rotatable bonds is 3. The molecule has 0 spiro atoms. The Labute approximate surface area is 91.4 Å². The summed E-state index contributed by atoms with van der Waals surface area (Å²) in [6.07, 6.45) is 6.30. The van der Waals surface area contributed by atoms with Crippen LogP contribution < -0.4 is 4.90 Å². The monoisotopic (exact) mass is 200 g/mol. The van der Waals surface area contributed by atoms with Crippen LogP contribution in [-0.2, 0) is 6.42 Å². The van der Waals surface area contributed by atoms with Crippen molar-refractivity contribution in [2.24, 2.45) is 0 Å². The summed E-state index contributed by atoms with van der Waals surface area (Å²) in [6, 6.07) is 8.16. The van der Waals surface area contributed by atoms with E-state index in [1.165, 1.54) is 5.56 Å². The van der Waals surface area contributed by atoms with Crippen molar-refractivity contribution >= 4 is 11.5 Å². The van der Waals surface area contributed by atoms with Crippen LogP contribution >= 0.6 is 0 Å². The van der Waals surface area contributed by atoms with Gasteiger partial charge in [0, 0.05) is 5.69 Å². The number of terminal acetylenes is 1. The molecular weight excluding hydrogens is 184 g/mol. The molecule has 1 N–H and O–H groups in total. The lowest BCUT2D eigenvalue weighted by Crippen LogP contribution is -2.28. The van der Waals surface area contributed by atoms with Gasteiger partial charge in [-0.3, -0.25) is 5.41 Å². The smallest absolute Gasteiger partial charge is 0.0979 e. The molecule has 15 heavy (non-hydrogen) atoms. The van der Waals surface area contributed by atoms with Gasteiger partial charge in [-0.1, -0.05) is 25.0 Å². The average molecular weight is 200 g/mol. The average Bonchev–Trinajstić information content (AvgIpc) is 2.26. The quantitative estimate of drug-likeness (QED) is 0.453. The molecule has 0 aromatic heterocycles. The van der Waals surface area contributed by atoms with Gasteiger partial charge < -0.3 is 4.90 Å². The van der Waals surface area contributed by atoms with Crippen molar-refractivity contribution in [2.45, 2.75) is 20.3 Å². The molecule has 0 saturated heterocycles. The minimum absolute atomic E-state index is 0.445. The van der Waals surface area contributed by atoms with Gasteiger partial charge in [0.25, 0.3) is 0 Å². The first kappa shape index (κ1) is 11.3. The highest BCUT2D eigenvalue weighted by atomic mass is 15.2. The summed E-state index contributed by atoms with van der Waals surface area (Å²) in [5.74, 6) is 3.03. The number of hydrogen-bond donors (Lipinski definition) is 1. The van der Waals surface area contributed by atoms with Gasteiger partial charge in [-0.05, 0) is 31.0 Å². The minimum Gasteiger partial charge on any atom is -0.319 e. The van der Waals surface area contributed by atoms with E-state index in [-0.39, 0.29) is 0 Å². The Morgan fingerprint density at radius 1 is 1.40 bits per heavy atom. The summed E-state index contributed by atoms with van der Waals surface area (Å²) in [7, 11) is 0. The molecule has 2 nitrogen and oxygen atoms in total. The maximum absolute atomic E-state index is 7.62. The molecular formula is C13H16N2. The molecule has 0 radical (unpaired) electrons. The van der Waals surface area contributed by atoms with Crippen LogP contribution in [0.2, 0.25) is 0 Å². The minimum atomic E-state index is 0.445. The van der Waals surface area contributed by atoms with E-state index < -0.39 is 0 Å². The molecule has 0 atom stereocenters. The number of anilines is 1. The van der Waals surface area contributed by atoms with Crippen LogP contribution in [0, 0.1) is 17.8 Å². The van der Waals surface area contributed by atoms with E-state index in [1.807, 2.05) is 12.1 Å². The van der Waals surface area contributed by atoms with Crippen molar-refractivity contribution in [2.75, 3.05) is 11.4 Å². The number of aryl methyl sites for hydroxylation is 1. The fourth-order valence-electron chi connectivity index (χ4n) is 1.41. The van der Waals surface area contributed by atoms with Gasteiger partial charge in [0.1, 0.15) is 0 Å². The van der Waals surface area contributed by atoms with Crippen molar-refractivity contribution in [1.29, 1.82) is 5.41 Å². The van der Waals surface area contributed by atoms with Gasteiger partial charge in [-0.25, -0.2) is 0 Å². The van der Waals surface area contributed by atoms with Crippen LogP contribution in [0.15, 0.2) is 24.3 Å². The summed E-state index contributed by atoms with van der Waals surface area (Å²) in [4.78, 5) is 1.80. The maximum Gasteiger partial charge on any atom is 0.0979 e. The molecule has 0 amide bonds. The first-order valence-electron chi connectivity index (χ1n) is 5.04. The Bertz CT molecular complexity index is 371. The van der Waals surface area contributed by atoms with Gasteiger partial charge in [-0.2, -0.15) is 0 Å². The molecule has 0 aliphatic heterocycles. The molecule has 1 aromatic carbocycles. The maximum atomic E-state index is 7.62. The zero-order valence-corrected chi connectivity index (χ0v) is 9.25. The number of hydrogen-bond acceptors (Lipinski definition) is 1. The number of nitrogens with one attached hydrogen (secondary N) is 1. The van der Waals surface area contributed by atoms with Gasteiger partial charge in [0.15, 0.2) is 0 Å². The second-order valence-corrected chi connectivity index (χ2v) is 3.40. The molecule has 78 valence electrons. The summed E-state index contributed by atoms with van der Waals surface area (Å²) in [5, 5.41) is 7.62. The van der Waals surface area contributed by atoms with Crippen molar-refractivity contribution in [3.05, 3.63) is 29.8 Å². The molecule has 1 rings (SSSR count). The highest BCUT2D eigenvalue weighted by Crippen LogP contribution is 2.15. The van der Waals surface area contributed by atoms with Crippen LogP contribution in [0.4, 0.5) is 5.69 Å². The second-order valence-electron chi connectivity index (χ2n) is 3.40. The van der Waals surface area contributed by atoms with E-state index in [9.17, 15) is 0 Å². The van der Waals surface area contributed by atoms with Crippen molar-refractivity contribution in [1.82, 2.24) is 0 Å². The van der Waals surface area contributed by atoms with Crippen molar-refractivity contribution < 1.29 is 0 Å².